The molecule has 1 N–H and O–H groups in total. The van der Waals surface area contributed by atoms with Crippen molar-refractivity contribution in [2.45, 2.75) is 6.92 Å². The first-order valence-electron chi connectivity index (χ1n) is 5.53. The van der Waals surface area contributed by atoms with Crippen molar-refractivity contribution >= 4 is 11.0 Å². The largest absolute Gasteiger partial charge is 0.508 e. The molecule has 0 saturated heterocycles. The highest BCUT2D eigenvalue weighted by molar-refractivity contribution is 5.87. The van der Waals surface area contributed by atoms with Crippen LogP contribution in [0.1, 0.15) is 5.56 Å². The molecule has 0 spiro atoms. The van der Waals surface area contributed by atoms with E-state index in [-0.39, 0.29) is 5.75 Å². The number of benzene rings is 2. The van der Waals surface area contributed by atoms with Crippen molar-refractivity contribution in [2.75, 3.05) is 0 Å². The Balaban J connectivity index is 2.27. The summed E-state index contributed by atoms with van der Waals surface area (Å²) in [7, 11) is 0. The van der Waals surface area contributed by atoms with Crippen LogP contribution >= 0.6 is 0 Å². The summed E-state index contributed by atoms with van der Waals surface area (Å²) in [6, 6.07) is 15.1. The van der Waals surface area contributed by atoms with Crippen molar-refractivity contribution in [3.05, 3.63) is 54.1 Å². The summed E-state index contributed by atoms with van der Waals surface area (Å²) in [5.74, 6) is 1.07. The first-order chi connectivity index (χ1) is 8.25. The summed E-state index contributed by atoms with van der Waals surface area (Å²) in [6.45, 7) is 2.03. The van der Waals surface area contributed by atoms with Crippen molar-refractivity contribution in [3.8, 4) is 17.1 Å². The van der Waals surface area contributed by atoms with Gasteiger partial charge in [0, 0.05) is 16.5 Å². The summed E-state index contributed by atoms with van der Waals surface area (Å²) in [4.78, 5) is 0. The summed E-state index contributed by atoms with van der Waals surface area (Å²) in [6.07, 6.45) is 0. The molecule has 2 heteroatoms. The van der Waals surface area contributed by atoms with Crippen LogP contribution in [-0.4, -0.2) is 5.11 Å². The zero-order valence-electron chi connectivity index (χ0n) is 9.47. The predicted molar refractivity (Wildman–Crippen MR) is 68.1 cm³/mol. The van der Waals surface area contributed by atoms with Crippen LogP contribution in [0.4, 0.5) is 0 Å². The normalized spacial score (nSPS) is 10.9. The number of aromatic hydroxyl groups is 1. The molecule has 0 aliphatic carbocycles. The van der Waals surface area contributed by atoms with Crippen molar-refractivity contribution < 1.29 is 9.52 Å². The first kappa shape index (κ1) is 9.97. The number of phenols is 1. The van der Waals surface area contributed by atoms with Crippen LogP contribution in [-0.2, 0) is 0 Å². The lowest BCUT2D eigenvalue weighted by molar-refractivity contribution is 0.475. The molecule has 0 fully saturated rings. The molecule has 0 aliphatic rings. The second-order valence-electron chi connectivity index (χ2n) is 4.10. The summed E-state index contributed by atoms with van der Waals surface area (Å²) < 4.78 is 5.83. The smallest absolute Gasteiger partial charge is 0.138 e. The van der Waals surface area contributed by atoms with E-state index in [1.807, 2.05) is 43.3 Å². The Labute approximate surface area is 99.1 Å². The van der Waals surface area contributed by atoms with Gasteiger partial charge in [0.05, 0.1) is 0 Å². The van der Waals surface area contributed by atoms with E-state index >= 15 is 0 Å². The molecule has 84 valence electrons. The van der Waals surface area contributed by atoms with E-state index in [0.717, 1.165) is 27.9 Å². The minimum atomic E-state index is 0.252. The summed E-state index contributed by atoms with van der Waals surface area (Å²) in [5.41, 5.74) is 2.88. The number of rotatable bonds is 1. The van der Waals surface area contributed by atoms with Crippen LogP contribution in [0.25, 0.3) is 22.3 Å². The van der Waals surface area contributed by atoms with Crippen LogP contribution in [0.15, 0.2) is 52.9 Å². The monoisotopic (exact) mass is 224 g/mol. The Morgan fingerprint density at radius 2 is 1.82 bits per heavy atom. The highest BCUT2D eigenvalue weighted by Crippen LogP contribution is 2.33. The molecule has 0 atom stereocenters. The van der Waals surface area contributed by atoms with Gasteiger partial charge in [-0.2, -0.15) is 0 Å². The summed E-state index contributed by atoms with van der Waals surface area (Å²) >= 11 is 0. The van der Waals surface area contributed by atoms with E-state index in [2.05, 4.69) is 0 Å². The van der Waals surface area contributed by atoms with Gasteiger partial charge in [0.1, 0.15) is 17.1 Å². The lowest BCUT2D eigenvalue weighted by Gasteiger charge is -1.99. The number of furan rings is 1. The van der Waals surface area contributed by atoms with Gasteiger partial charge in [0.15, 0.2) is 0 Å². The van der Waals surface area contributed by atoms with Crippen molar-refractivity contribution in [2.24, 2.45) is 0 Å². The van der Waals surface area contributed by atoms with Gasteiger partial charge < -0.3 is 9.52 Å². The number of fused-ring (bicyclic) bond motifs is 1. The molecule has 1 aromatic heterocycles. The molecule has 0 radical (unpaired) electrons. The number of phenolic OH excluding ortho intramolecular Hbond substituents is 1. The predicted octanol–water partition coefficient (Wildman–Crippen LogP) is 4.11. The molecular formula is C15H12O2. The van der Waals surface area contributed by atoms with Crippen LogP contribution in [0, 0.1) is 6.92 Å². The lowest BCUT2D eigenvalue weighted by Crippen LogP contribution is -1.77. The first-order valence-corrected chi connectivity index (χ1v) is 5.53. The van der Waals surface area contributed by atoms with E-state index < -0.39 is 0 Å². The number of hydrogen-bond acceptors (Lipinski definition) is 2. The van der Waals surface area contributed by atoms with Gasteiger partial charge in [0.25, 0.3) is 0 Å². The quantitative estimate of drug-likeness (QED) is 0.674. The third kappa shape index (κ3) is 1.58. The van der Waals surface area contributed by atoms with Crippen LogP contribution in [0.3, 0.4) is 0 Å². The number of aryl methyl sites for hydroxylation is 1. The van der Waals surface area contributed by atoms with Crippen molar-refractivity contribution in [1.82, 2.24) is 0 Å². The van der Waals surface area contributed by atoms with Gasteiger partial charge in [-0.25, -0.2) is 0 Å². The van der Waals surface area contributed by atoms with Crippen LogP contribution in [0.5, 0.6) is 5.75 Å². The van der Waals surface area contributed by atoms with Gasteiger partial charge in [-0.15, -0.1) is 0 Å². The van der Waals surface area contributed by atoms with Gasteiger partial charge in [-0.3, -0.25) is 0 Å². The number of hydrogen-bond donors (Lipinski definition) is 1. The molecule has 17 heavy (non-hydrogen) atoms. The average molecular weight is 224 g/mol. The van der Waals surface area contributed by atoms with Crippen molar-refractivity contribution in [3.63, 3.8) is 0 Å². The molecular weight excluding hydrogens is 212 g/mol. The Morgan fingerprint density at radius 1 is 1.00 bits per heavy atom. The van der Waals surface area contributed by atoms with Crippen LogP contribution < -0.4 is 0 Å². The molecule has 3 rings (SSSR count). The maximum absolute atomic E-state index is 9.50. The minimum absolute atomic E-state index is 0.252. The Hall–Kier alpha value is -2.22. The molecule has 0 unspecified atom stereocenters. The second-order valence-corrected chi connectivity index (χ2v) is 4.10. The third-order valence-corrected chi connectivity index (χ3v) is 2.95. The Bertz CT molecular complexity index is 680. The molecule has 0 bridgehead atoms. The maximum atomic E-state index is 9.50. The molecule has 0 saturated carbocycles. The Kier molecular flexibility index (Phi) is 2.15. The zero-order valence-corrected chi connectivity index (χ0v) is 9.47. The minimum Gasteiger partial charge on any atom is -0.508 e. The molecule has 0 amide bonds. The number of para-hydroxylation sites is 1. The molecule has 2 nitrogen and oxygen atoms in total. The fraction of sp³-hybridized carbons (Fsp3) is 0.0667. The fourth-order valence-electron chi connectivity index (χ4n) is 2.10. The zero-order chi connectivity index (χ0) is 11.8. The lowest BCUT2D eigenvalue weighted by atomic mass is 10.1. The molecule has 1 heterocycles. The third-order valence-electron chi connectivity index (χ3n) is 2.95. The van der Waals surface area contributed by atoms with Gasteiger partial charge in [-0.05, 0) is 25.1 Å². The van der Waals surface area contributed by atoms with Crippen LogP contribution in [0.2, 0.25) is 0 Å². The standard InChI is InChI=1S/C15H12O2/c1-10-13-7-2-3-8-14(13)17-15(10)11-5-4-6-12(16)9-11/h2-9,16H,1H3. The second kappa shape index (κ2) is 3.67. The van der Waals surface area contributed by atoms with E-state index in [1.54, 1.807) is 12.1 Å². The summed E-state index contributed by atoms with van der Waals surface area (Å²) in [5, 5.41) is 10.6. The van der Waals surface area contributed by atoms with E-state index in [9.17, 15) is 5.11 Å². The molecule has 0 aliphatic heterocycles. The Morgan fingerprint density at radius 3 is 2.59 bits per heavy atom. The van der Waals surface area contributed by atoms with Gasteiger partial charge >= 0.3 is 0 Å². The maximum Gasteiger partial charge on any atom is 0.138 e. The van der Waals surface area contributed by atoms with E-state index in [1.165, 1.54) is 0 Å². The SMILES string of the molecule is Cc1c(-c2cccc(O)c2)oc2ccccc12. The van der Waals surface area contributed by atoms with Crippen molar-refractivity contribution in [1.29, 1.82) is 0 Å². The molecule has 3 aromatic rings. The highest BCUT2D eigenvalue weighted by atomic mass is 16.3. The molecule has 2 aromatic carbocycles. The van der Waals surface area contributed by atoms with Gasteiger partial charge in [0.2, 0.25) is 0 Å². The topological polar surface area (TPSA) is 33.4 Å². The van der Waals surface area contributed by atoms with E-state index in [4.69, 9.17) is 4.42 Å². The highest BCUT2D eigenvalue weighted by Gasteiger charge is 2.11. The van der Waals surface area contributed by atoms with E-state index in [0.29, 0.717) is 0 Å². The van der Waals surface area contributed by atoms with Gasteiger partial charge in [-0.1, -0.05) is 30.3 Å². The fourth-order valence-corrected chi connectivity index (χ4v) is 2.10. The average Bonchev–Trinajstić information content (AvgIpc) is 2.68.